The lowest BCUT2D eigenvalue weighted by Crippen LogP contribution is -2.33. The van der Waals surface area contributed by atoms with Gasteiger partial charge in [-0.3, -0.25) is 0 Å². The smallest absolute Gasteiger partial charge is 0.407 e. The van der Waals surface area contributed by atoms with Crippen LogP contribution in [0.1, 0.15) is 32.8 Å². The van der Waals surface area contributed by atoms with Crippen molar-refractivity contribution in [3.05, 3.63) is 29.8 Å². The molecule has 0 saturated heterocycles. The molecule has 0 aliphatic carbocycles. The Bertz CT molecular complexity index is 515. The van der Waals surface area contributed by atoms with Gasteiger partial charge in [0.25, 0.3) is 0 Å². The number of nitrogens with zero attached hydrogens (tertiary/aromatic N) is 1. The number of hydrogen-bond donors (Lipinski definition) is 2. The highest BCUT2D eigenvalue weighted by molar-refractivity contribution is 5.67. The minimum Gasteiger partial charge on any atom is -0.479 e. The molecule has 0 saturated carbocycles. The number of amides is 1. The van der Waals surface area contributed by atoms with E-state index < -0.39 is 5.60 Å². The van der Waals surface area contributed by atoms with Gasteiger partial charge in [-0.25, -0.2) is 4.79 Å². The molecule has 0 aliphatic heterocycles. The van der Waals surface area contributed by atoms with Crippen molar-refractivity contribution in [2.75, 3.05) is 19.7 Å². The van der Waals surface area contributed by atoms with Crippen LogP contribution in [0.5, 0.6) is 5.75 Å². The lowest BCUT2D eigenvalue weighted by molar-refractivity contribution is 0.0527. The minimum absolute atomic E-state index is 0.0578. The van der Waals surface area contributed by atoms with Gasteiger partial charge in [-0.2, -0.15) is 5.26 Å². The molecule has 1 rings (SSSR count). The highest BCUT2D eigenvalue weighted by Gasteiger charge is 2.15. The summed E-state index contributed by atoms with van der Waals surface area (Å²) in [7, 11) is 0. The van der Waals surface area contributed by atoms with E-state index in [4.69, 9.17) is 14.7 Å². The zero-order valence-corrected chi connectivity index (χ0v) is 14.0. The van der Waals surface area contributed by atoms with Gasteiger partial charge in [0.05, 0.1) is 0 Å². The number of carbonyl (C=O) groups is 1. The van der Waals surface area contributed by atoms with E-state index in [2.05, 4.69) is 10.6 Å². The average Bonchev–Trinajstić information content (AvgIpc) is 2.48. The summed E-state index contributed by atoms with van der Waals surface area (Å²) in [5, 5.41) is 14.5. The molecule has 0 unspecified atom stereocenters. The summed E-state index contributed by atoms with van der Waals surface area (Å²) in [6, 6.07) is 9.54. The van der Waals surface area contributed by atoms with Gasteiger partial charge in [-0.15, -0.1) is 0 Å². The van der Waals surface area contributed by atoms with Gasteiger partial charge in [-0.05, 0) is 51.4 Å². The van der Waals surface area contributed by atoms with Crippen molar-refractivity contribution < 1.29 is 14.3 Å². The fraction of sp³-hybridized carbons (Fsp3) is 0.529. The summed E-state index contributed by atoms with van der Waals surface area (Å²) < 4.78 is 10.3. The second-order valence-electron chi connectivity index (χ2n) is 6.05. The number of hydrogen-bond acceptors (Lipinski definition) is 5. The Morgan fingerprint density at radius 1 is 1.22 bits per heavy atom. The molecule has 0 aliphatic rings. The van der Waals surface area contributed by atoms with Gasteiger partial charge in [0.1, 0.15) is 17.4 Å². The molecule has 1 amide bonds. The third kappa shape index (κ3) is 9.38. The fourth-order valence-corrected chi connectivity index (χ4v) is 1.77. The maximum Gasteiger partial charge on any atom is 0.407 e. The van der Waals surface area contributed by atoms with Gasteiger partial charge < -0.3 is 20.1 Å². The molecule has 6 nitrogen and oxygen atoms in total. The van der Waals surface area contributed by atoms with Gasteiger partial charge in [0.15, 0.2) is 6.61 Å². The number of nitriles is 1. The van der Waals surface area contributed by atoms with Crippen LogP contribution < -0.4 is 15.4 Å². The second-order valence-corrected chi connectivity index (χ2v) is 6.05. The third-order valence-corrected chi connectivity index (χ3v) is 2.75. The lowest BCUT2D eigenvalue weighted by atomic mass is 10.2. The number of rotatable bonds is 8. The molecule has 23 heavy (non-hydrogen) atoms. The summed E-state index contributed by atoms with van der Waals surface area (Å²) in [6.45, 7) is 7.68. The highest BCUT2D eigenvalue weighted by Crippen LogP contribution is 2.11. The first-order valence-corrected chi connectivity index (χ1v) is 7.67. The number of alkyl carbamates (subject to hydrolysis) is 1. The van der Waals surface area contributed by atoms with E-state index in [9.17, 15) is 4.79 Å². The van der Waals surface area contributed by atoms with Gasteiger partial charge in [0, 0.05) is 13.1 Å². The number of ether oxygens (including phenoxy) is 2. The standard InChI is InChI=1S/C17H25N3O3/c1-17(2,3)23-16(21)20-11-4-10-19-13-14-5-7-15(8-6-14)22-12-9-18/h5-8,19H,4,10-13H2,1-3H3,(H,20,21). The van der Waals surface area contributed by atoms with Crippen LogP contribution in [0.4, 0.5) is 4.79 Å². The molecule has 0 aromatic heterocycles. The molecular formula is C17H25N3O3. The zero-order valence-electron chi connectivity index (χ0n) is 14.0. The molecule has 0 radical (unpaired) electrons. The van der Waals surface area contributed by atoms with E-state index in [1.165, 1.54) is 0 Å². The first-order valence-electron chi connectivity index (χ1n) is 7.67. The summed E-state index contributed by atoms with van der Waals surface area (Å²) >= 11 is 0. The third-order valence-electron chi connectivity index (χ3n) is 2.75. The maximum atomic E-state index is 11.4. The fourth-order valence-electron chi connectivity index (χ4n) is 1.77. The normalized spacial score (nSPS) is 10.7. The van der Waals surface area contributed by atoms with E-state index in [1.807, 2.05) is 51.1 Å². The predicted octanol–water partition coefficient (Wildman–Crippen LogP) is 2.59. The molecule has 126 valence electrons. The average molecular weight is 319 g/mol. The van der Waals surface area contributed by atoms with Crippen LogP contribution in [0.25, 0.3) is 0 Å². The molecule has 6 heteroatoms. The molecular weight excluding hydrogens is 294 g/mol. The van der Waals surface area contributed by atoms with Crippen LogP contribution in [0, 0.1) is 11.3 Å². The monoisotopic (exact) mass is 319 g/mol. The van der Waals surface area contributed by atoms with Crippen molar-refractivity contribution in [3.8, 4) is 11.8 Å². The largest absolute Gasteiger partial charge is 0.479 e. The van der Waals surface area contributed by atoms with Crippen LogP contribution in [-0.4, -0.2) is 31.4 Å². The molecule has 0 spiro atoms. The molecule has 0 atom stereocenters. The van der Waals surface area contributed by atoms with E-state index >= 15 is 0 Å². The van der Waals surface area contributed by atoms with E-state index in [1.54, 1.807) is 0 Å². The van der Waals surface area contributed by atoms with Crippen LogP contribution >= 0.6 is 0 Å². The van der Waals surface area contributed by atoms with Crippen molar-refractivity contribution in [3.63, 3.8) is 0 Å². The first-order chi connectivity index (χ1) is 10.9. The summed E-state index contributed by atoms with van der Waals surface area (Å²) in [4.78, 5) is 11.4. The molecule has 0 bridgehead atoms. The first kappa shape index (κ1) is 18.8. The molecule has 0 fully saturated rings. The Balaban J connectivity index is 2.11. The maximum absolute atomic E-state index is 11.4. The Morgan fingerprint density at radius 3 is 2.52 bits per heavy atom. The number of benzene rings is 1. The van der Waals surface area contributed by atoms with E-state index in [0.29, 0.717) is 12.3 Å². The van der Waals surface area contributed by atoms with Crippen molar-refractivity contribution in [1.29, 1.82) is 5.26 Å². The van der Waals surface area contributed by atoms with Crippen LogP contribution in [0.3, 0.4) is 0 Å². The number of nitrogens with one attached hydrogen (secondary N) is 2. The molecule has 2 N–H and O–H groups in total. The summed E-state index contributed by atoms with van der Waals surface area (Å²) in [5.41, 5.74) is 0.667. The number of carbonyl (C=O) groups excluding carboxylic acids is 1. The summed E-state index contributed by atoms with van der Waals surface area (Å²) in [5.74, 6) is 0.692. The van der Waals surface area contributed by atoms with Crippen LogP contribution in [0.2, 0.25) is 0 Å². The van der Waals surface area contributed by atoms with Gasteiger partial charge in [0.2, 0.25) is 0 Å². The van der Waals surface area contributed by atoms with Crippen molar-refractivity contribution in [1.82, 2.24) is 10.6 Å². The van der Waals surface area contributed by atoms with Gasteiger partial charge in [-0.1, -0.05) is 12.1 Å². The molecule has 1 aromatic rings. The quantitative estimate of drug-likeness (QED) is 0.720. The lowest BCUT2D eigenvalue weighted by Gasteiger charge is -2.19. The predicted molar refractivity (Wildman–Crippen MR) is 88.1 cm³/mol. The van der Waals surface area contributed by atoms with E-state index in [-0.39, 0.29) is 12.7 Å². The van der Waals surface area contributed by atoms with Crippen molar-refractivity contribution >= 4 is 6.09 Å². The topological polar surface area (TPSA) is 83.4 Å². The Labute approximate surface area is 137 Å². The Morgan fingerprint density at radius 2 is 1.91 bits per heavy atom. The Kier molecular flexibility index (Phi) is 7.92. The van der Waals surface area contributed by atoms with Crippen molar-refractivity contribution in [2.45, 2.75) is 39.3 Å². The SMILES string of the molecule is CC(C)(C)OC(=O)NCCCNCc1ccc(OCC#N)cc1. The second kappa shape index (κ2) is 9.70. The van der Waals surface area contributed by atoms with Crippen LogP contribution in [-0.2, 0) is 11.3 Å². The highest BCUT2D eigenvalue weighted by atomic mass is 16.6. The molecule has 0 heterocycles. The Hall–Kier alpha value is -2.26. The summed E-state index contributed by atoms with van der Waals surface area (Å²) in [6.07, 6.45) is 0.438. The van der Waals surface area contributed by atoms with Crippen molar-refractivity contribution in [2.24, 2.45) is 0 Å². The zero-order chi connectivity index (χ0) is 17.1. The minimum atomic E-state index is -0.467. The van der Waals surface area contributed by atoms with Crippen LogP contribution in [0.15, 0.2) is 24.3 Å². The van der Waals surface area contributed by atoms with Gasteiger partial charge >= 0.3 is 6.09 Å². The van der Waals surface area contributed by atoms with E-state index in [0.717, 1.165) is 25.1 Å². The molecule has 1 aromatic carbocycles.